The van der Waals surface area contributed by atoms with E-state index in [9.17, 15) is 9.90 Å². The van der Waals surface area contributed by atoms with Crippen molar-refractivity contribution in [1.29, 1.82) is 0 Å². The van der Waals surface area contributed by atoms with Crippen molar-refractivity contribution in [2.45, 2.75) is 6.92 Å². The first-order valence-corrected chi connectivity index (χ1v) is 10.5. The monoisotopic (exact) mass is 441 g/mol. The molecule has 1 fully saturated rings. The van der Waals surface area contributed by atoms with Gasteiger partial charge in [0.1, 0.15) is 0 Å². The zero-order chi connectivity index (χ0) is 20.5. The van der Waals surface area contributed by atoms with Crippen LogP contribution in [0.4, 0.5) is 5.69 Å². The summed E-state index contributed by atoms with van der Waals surface area (Å²) in [5, 5.41) is 12.2. The van der Waals surface area contributed by atoms with Crippen LogP contribution in [0.5, 0.6) is 11.5 Å². The Balaban J connectivity index is 1.74. The number of anilines is 1. The van der Waals surface area contributed by atoms with Crippen LogP contribution in [0.1, 0.15) is 12.5 Å². The van der Waals surface area contributed by atoms with Crippen molar-refractivity contribution in [3.8, 4) is 11.5 Å². The van der Waals surface area contributed by atoms with Gasteiger partial charge in [-0.05, 0) is 42.1 Å². The highest BCUT2D eigenvalue weighted by Gasteiger charge is 2.34. The van der Waals surface area contributed by atoms with Gasteiger partial charge in [0, 0.05) is 5.39 Å². The predicted molar refractivity (Wildman–Crippen MR) is 124 cm³/mol. The molecule has 3 aromatic carbocycles. The number of benzene rings is 3. The van der Waals surface area contributed by atoms with Crippen molar-refractivity contribution >= 4 is 68.3 Å². The lowest BCUT2D eigenvalue weighted by Crippen LogP contribution is -2.27. The number of amides is 1. The van der Waals surface area contributed by atoms with Crippen LogP contribution in [0.3, 0.4) is 0 Å². The van der Waals surface area contributed by atoms with Crippen LogP contribution in [-0.4, -0.2) is 21.9 Å². The summed E-state index contributed by atoms with van der Waals surface area (Å²) in [6.45, 7) is 2.20. The molecule has 0 saturated carbocycles. The van der Waals surface area contributed by atoms with Gasteiger partial charge in [-0.3, -0.25) is 9.69 Å². The molecule has 0 bridgehead atoms. The number of thiocarbonyl (C=S) groups is 1. The van der Waals surface area contributed by atoms with E-state index in [4.69, 9.17) is 28.6 Å². The second-order valence-electron chi connectivity index (χ2n) is 6.30. The van der Waals surface area contributed by atoms with E-state index in [0.717, 1.165) is 16.5 Å². The molecule has 3 aromatic rings. The van der Waals surface area contributed by atoms with Gasteiger partial charge in [-0.2, -0.15) is 0 Å². The molecule has 0 spiro atoms. The number of thioether (sulfide) groups is 1. The minimum atomic E-state index is -0.196. The second kappa shape index (κ2) is 8.06. The number of carbonyl (C=O) groups is 1. The molecule has 0 aliphatic carbocycles. The molecule has 4 rings (SSSR count). The smallest absolute Gasteiger partial charge is 0.270 e. The SMILES string of the molecule is CCOc1cc(/C=C2/SC(=S)N(c3cccc4ccccc34)C2=O)cc(Cl)c1O. The number of hydrogen-bond acceptors (Lipinski definition) is 5. The number of rotatable bonds is 4. The molecule has 0 aromatic heterocycles. The fourth-order valence-corrected chi connectivity index (χ4v) is 4.68. The molecule has 146 valence electrons. The van der Waals surface area contributed by atoms with Crippen LogP contribution in [0.2, 0.25) is 5.02 Å². The fourth-order valence-electron chi connectivity index (χ4n) is 3.17. The molecule has 7 heteroatoms. The van der Waals surface area contributed by atoms with Gasteiger partial charge in [0.15, 0.2) is 15.8 Å². The number of aromatic hydroxyl groups is 1. The standard InChI is InChI=1S/C22H16ClNO3S2/c1-2-27-18-11-13(10-16(23)20(18)25)12-19-21(26)24(22(28)29-19)17-9-5-7-14-6-3-4-8-15(14)17/h3-12,25H,2H2,1H3/b19-12+. The van der Waals surface area contributed by atoms with Crippen LogP contribution < -0.4 is 9.64 Å². The van der Waals surface area contributed by atoms with E-state index >= 15 is 0 Å². The van der Waals surface area contributed by atoms with Crippen LogP contribution in [0.15, 0.2) is 59.5 Å². The lowest BCUT2D eigenvalue weighted by atomic mass is 10.1. The topological polar surface area (TPSA) is 49.8 Å². The Labute approximate surface area is 182 Å². The number of halogens is 1. The molecule has 0 unspecified atom stereocenters. The molecule has 1 amide bonds. The Morgan fingerprint density at radius 2 is 1.97 bits per heavy atom. The summed E-state index contributed by atoms with van der Waals surface area (Å²) < 4.78 is 5.88. The quantitative estimate of drug-likeness (QED) is 0.397. The first kappa shape index (κ1) is 19.8. The third-order valence-corrected chi connectivity index (χ3v) is 6.04. The molecule has 1 aliphatic rings. The van der Waals surface area contributed by atoms with Crippen molar-refractivity contribution in [2.75, 3.05) is 11.5 Å². The molecule has 1 heterocycles. The summed E-state index contributed by atoms with van der Waals surface area (Å²) in [7, 11) is 0. The maximum Gasteiger partial charge on any atom is 0.270 e. The summed E-state index contributed by atoms with van der Waals surface area (Å²) in [4.78, 5) is 15.2. The van der Waals surface area contributed by atoms with Crippen LogP contribution in [0, 0.1) is 0 Å². The largest absolute Gasteiger partial charge is 0.503 e. The van der Waals surface area contributed by atoms with E-state index in [-0.39, 0.29) is 22.4 Å². The van der Waals surface area contributed by atoms with E-state index in [1.165, 1.54) is 11.8 Å². The third-order valence-electron chi connectivity index (χ3n) is 4.45. The highest BCUT2D eigenvalue weighted by Crippen LogP contribution is 2.40. The summed E-state index contributed by atoms with van der Waals surface area (Å²) >= 11 is 12.8. The first-order chi connectivity index (χ1) is 14.0. The minimum absolute atomic E-state index is 0.117. The van der Waals surface area contributed by atoms with Gasteiger partial charge in [0.25, 0.3) is 5.91 Å². The lowest BCUT2D eigenvalue weighted by Gasteiger charge is -2.17. The van der Waals surface area contributed by atoms with Gasteiger partial charge in [0.05, 0.1) is 22.2 Å². The Bertz CT molecular complexity index is 1170. The average molecular weight is 442 g/mol. The van der Waals surface area contributed by atoms with Crippen LogP contribution >= 0.6 is 35.6 Å². The van der Waals surface area contributed by atoms with Crippen LogP contribution in [-0.2, 0) is 4.79 Å². The van der Waals surface area contributed by atoms with E-state index in [1.54, 1.807) is 23.1 Å². The number of phenols is 1. The number of phenolic OH excluding ortho intramolecular Hbond substituents is 1. The molecule has 0 atom stereocenters. The predicted octanol–water partition coefficient (Wildman–Crippen LogP) is 6.00. The maximum absolute atomic E-state index is 13.2. The Morgan fingerprint density at radius 3 is 2.76 bits per heavy atom. The summed E-state index contributed by atoms with van der Waals surface area (Å²) in [5.41, 5.74) is 1.41. The Morgan fingerprint density at radius 1 is 1.21 bits per heavy atom. The van der Waals surface area contributed by atoms with E-state index in [0.29, 0.717) is 21.4 Å². The molecular weight excluding hydrogens is 426 g/mol. The third kappa shape index (κ3) is 3.71. The fraction of sp³-hybridized carbons (Fsp3) is 0.0909. The van der Waals surface area contributed by atoms with E-state index < -0.39 is 0 Å². The van der Waals surface area contributed by atoms with Gasteiger partial charge in [-0.15, -0.1) is 0 Å². The normalized spacial score (nSPS) is 15.5. The zero-order valence-electron chi connectivity index (χ0n) is 15.4. The number of fused-ring (bicyclic) bond motifs is 1. The van der Waals surface area contributed by atoms with Crippen molar-refractivity contribution in [1.82, 2.24) is 0 Å². The lowest BCUT2D eigenvalue weighted by molar-refractivity contribution is -0.113. The van der Waals surface area contributed by atoms with Crippen molar-refractivity contribution < 1.29 is 14.6 Å². The molecule has 1 saturated heterocycles. The maximum atomic E-state index is 13.2. The number of nitrogens with zero attached hydrogens (tertiary/aromatic N) is 1. The van der Waals surface area contributed by atoms with Crippen molar-refractivity contribution in [2.24, 2.45) is 0 Å². The molecule has 1 aliphatic heterocycles. The number of hydrogen-bond donors (Lipinski definition) is 1. The van der Waals surface area contributed by atoms with Gasteiger partial charge in [-0.25, -0.2) is 0 Å². The van der Waals surface area contributed by atoms with Crippen molar-refractivity contribution in [3.63, 3.8) is 0 Å². The second-order valence-corrected chi connectivity index (χ2v) is 8.38. The first-order valence-electron chi connectivity index (χ1n) is 8.90. The Hall–Kier alpha value is -2.54. The highest BCUT2D eigenvalue weighted by molar-refractivity contribution is 8.27. The molecule has 29 heavy (non-hydrogen) atoms. The average Bonchev–Trinajstić information content (AvgIpc) is 2.98. The molecule has 1 N–H and O–H groups in total. The van der Waals surface area contributed by atoms with Gasteiger partial charge < -0.3 is 9.84 Å². The van der Waals surface area contributed by atoms with Gasteiger partial charge in [-0.1, -0.05) is 72.0 Å². The summed E-state index contributed by atoms with van der Waals surface area (Å²) in [6, 6.07) is 16.9. The van der Waals surface area contributed by atoms with Crippen LogP contribution in [0.25, 0.3) is 16.8 Å². The van der Waals surface area contributed by atoms with E-state index in [2.05, 4.69) is 0 Å². The molecule has 4 nitrogen and oxygen atoms in total. The van der Waals surface area contributed by atoms with Gasteiger partial charge in [0.2, 0.25) is 0 Å². The summed E-state index contributed by atoms with van der Waals surface area (Å²) in [5.74, 6) is -0.0386. The minimum Gasteiger partial charge on any atom is -0.503 e. The van der Waals surface area contributed by atoms with Crippen molar-refractivity contribution in [3.05, 3.63) is 70.1 Å². The zero-order valence-corrected chi connectivity index (χ0v) is 17.8. The van der Waals surface area contributed by atoms with E-state index in [1.807, 2.05) is 49.4 Å². The van der Waals surface area contributed by atoms with Gasteiger partial charge >= 0.3 is 0 Å². The number of carbonyl (C=O) groups excluding carboxylic acids is 1. The molecule has 0 radical (unpaired) electrons. The number of ether oxygens (including phenoxy) is 1. The Kier molecular flexibility index (Phi) is 5.50. The molecular formula is C22H16ClNO3S2. The summed E-state index contributed by atoms with van der Waals surface area (Å²) in [6.07, 6.45) is 1.71. The highest BCUT2D eigenvalue weighted by atomic mass is 35.5.